The Morgan fingerprint density at radius 3 is 2.65 bits per heavy atom. The van der Waals surface area contributed by atoms with E-state index >= 15 is 0 Å². The minimum Gasteiger partial charge on any atom is -0.310 e. The first kappa shape index (κ1) is 13.1. The maximum absolute atomic E-state index is 3.58. The first-order valence-corrected chi connectivity index (χ1v) is 7.63. The van der Waals surface area contributed by atoms with Crippen molar-refractivity contribution in [3.05, 3.63) is 21.9 Å². The van der Waals surface area contributed by atoms with Crippen LogP contribution in [0.1, 0.15) is 36.4 Å². The zero-order valence-corrected chi connectivity index (χ0v) is 11.9. The molecule has 0 spiro atoms. The SMILES string of the molecule is CCc1ccc(CNCC(C)N2CCCC2)s1. The molecule has 0 bridgehead atoms. The standard InChI is InChI=1S/C14H24N2S/c1-3-13-6-7-14(17-13)11-15-10-12(2)16-8-4-5-9-16/h6-7,12,15H,3-5,8-11H2,1-2H3. The van der Waals surface area contributed by atoms with Crippen LogP contribution in [0, 0.1) is 0 Å². The zero-order valence-electron chi connectivity index (χ0n) is 11.0. The van der Waals surface area contributed by atoms with E-state index in [1.165, 1.54) is 35.7 Å². The average molecular weight is 252 g/mol. The summed E-state index contributed by atoms with van der Waals surface area (Å²) in [5, 5.41) is 3.58. The van der Waals surface area contributed by atoms with Crippen molar-refractivity contribution in [3.8, 4) is 0 Å². The molecule has 2 rings (SSSR count). The minimum atomic E-state index is 0.683. The Morgan fingerprint density at radius 2 is 2.00 bits per heavy atom. The van der Waals surface area contributed by atoms with Gasteiger partial charge >= 0.3 is 0 Å². The molecule has 0 radical (unpaired) electrons. The Morgan fingerprint density at radius 1 is 1.29 bits per heavy atom. The third-order valence-corrected chi connectivity index (χ3v) is 4.80. The third-order valence-electron chi connectivity index (χ3n) is 3.57. The second-order valence-corrected chi connectivity index (χ2v) is 6.20. The van der Waals surface area contributed by atoms with Crippen LogP contribution in [0.25, 0.3) is 0 Å². The van der Waals surface area contributed by atoms with E-state index in [4.69, 9.17) is 0 Å². The lowest BCUT2D eigenvalue weighted by molar-refractivity contribution is 0.252. The molecular formula is C14H24N2S. The molecule has 1 fully saturated rings. The first-order chi connectivity index (χ1) is 8.29. The van der Waals surface area contributed by atoms with Crippen molar-refractivity contribution in [2.45, 2.75) is 45.7 Å². The fourth-order valence-electron chi connectivity index (χ4n) is 2.42. The van der Waals surface area contributed by atoms with E-state index in [1.54, 1.807) is 0 Å². The van der Waals surface area contributed by atoms with Gasteiger partial charge < -0.3 is 5.32 Å². The van der Waals surface area contributed by atoms with Gasteiger partial charge in [-0.25, -0.2) is 0 Å². The summed E-state index contributed by atoms with van der Waals surface area (Å²) in [6, 6.07) is 5.20. The Hall–Kier alpha value is -0.380. The van der Waals surface area contributed by atoms with E-state index in [1.807, 2.05) is 11.3 Å². The highest BCUT2D eigenvalue weighted by molar-refractivity contribution is 7.11. The monoisotopic (exact) mass is 252 g/mol. The maximum Gasteiger partial charge on any atom is 0.0300 e. The van der Waals surface area contributed by atoms with E-state index in [2.05, 4.69) is 36.2 Å². The van der Waals surface area contributed by atoms with E-state index in [0.717, 1.165) is 19.5 Å². The van der Waals surface area contributed by atoms with Crippen LogP contribution in [0.3, 0.4) is 0 Å². The predicted molar refractivity (Wildman–Crippen MR) is 75.7 cm³/mol. The molecular weight excluding hydrogens is 228 g/mol. The van der Waals surface area contributed by atoms with Crippen molar-refractivity contribution >= 4 is 11.3 Å². The van der Waals surface area contributed by atoms with Crippen molar-refractivity contribution in [3.63, 3.8) is 0 Å². The van der Waals surface area contributed by atoms with Gasteiger partial charge in [0.2, 0.25) is 0 Å². The molecule has 3 heteroatoms. The Bertz CT molecular complexity index is 329. The summed E-state index contributed by atoms with van der Waals surface area (Å²) in [7, 11) is 0. The molecule has 96 valence electrons. The third kappa shape index (κ3) is 3.80. The predicted octanol–water partition coefficient (Wildman–Crippen LogP) is 2.88. The van der Waals surface area contributed by atoms with Gasteiger partial charge in [-0.2, -0.15) is 0 Å². The second kappa shape index (κ2) is 6.53. The highest BCUT2D eigenvalue weighted by atomic mass is 32.1. The number of hydrogen-bond donors (Lipinski definition) is 1. The van der Waals surface area contributed by atoms with Gasteiger partial charge in [-0.15, -0.1) is 11.3 Å². The van der Waals surface area contributed by atoms with E-state index in [9.17, 15) is 0 Å². The summed E-state index contributed by atoms with van der Waals surface area (Å²) in [5.74, 6) is 0. The molecule has 1 unspecified atom stereocenters. The fraction of sp³-hybridized carbons (Fsp3) is 0.714. The number of thiophene rings is 1. The van der Waals surface area contributed by atoms with Crippen LogP contribution in [0.2, 0.25) is 0 Å². The summed E-state index contributed by atoms with van der Waals surface area (Å²) in [4.78, 5) is 5.56. The molecule has 2 heterocycles. The second-order valence-electron chi connectivity index (χ2n) is 4.94. The van der Waals surface area contributed by atoms with Gasteiger partial charge in [-0.3, -0.25) is 4.90 Å². The molecule has 1 aromatic heterocycles. The van der Waals surface area contributed by atoms with Gasteiger partial charge in [0.05, 0.1) is 0 Å². The fourth-order valence-corrected chi connectivity index (χ4v) is 3.35. The minimum absolute atomic E-state index is 0.683. The van der Waals surface area contributed by atoms with Gasteiger partial charge in [0.25, 0.3) is 0 Å². The van der Waals surface area contributed by atoms with Crippen molar-refractivity contribution in [2.75, 3.05) is 19.6 Å². The van der Waals surface area contributed by atoms with E-state index in [-0.39, 0.29) is 0 Å². The van der Waals surface area contributed by atoms with Crippen molar-refractivity contribution in [1.82, 2.24) is 10.2 Å². The number of aryl methyl sites for hydroxylation is 1. The Labute approximate surface area is 109 Å². The van der Waals surface area contributed by atoms with Crippen molar-refractivity contribution in [2.24, 2.45) is 0 Å². The summed E-state index contributed by atoms with van der Waals surface area (Å²) in [5.41, 5.74) is 0. The van der Waals surface area contributed by atoms with Gasteiger partial charge in [0, 0.05) is 28.9 Å². The van der Waals surface area contributed by atoms with Crippen LogP contribution in [-0.2, 0) is 13.0 Å². The summed E-state index contributed by atoms with van der Waals surface area (Å²) in [6.07, 6.45) is 3.93. The highest BCUT2D eigenvalue weighted by Gasteiger charge is 2.17. The molecule has 0 saturated carbocycles. The van der Waals surface area contributed by atoms with Crippen LogP contribution in [-0.4, -0.2) is 30.6 Å². The van der Waals surface area contributed by atoms with Crippen LogP contribution < -0.4 is 5.32 Å². The number of nitrogens with zero attached hydrogens (tertiary/aromatic N) is 1. The Kier molecular flexibility index (Phi) is 5.01. The van der Waals surface area contributed by atoms with Crippen LogP contribution in [0.4, 0.5) is 0 Å². The molecule has 17 heavy (non-hydrogen) atoms. The van der Waals surface area contributed by atoms with Crippen LogP contribution in [0.15, 0.2) is 12.1 Å². The van der Waals surface area contributed by atoms with E-state index < -0.39 is 0 Å². The zero-order chi connectivity index (χ0) is 12.1. The molecule has 1 saturated heterocycles. The maximum atomic E-state index is 3.58. The van der Waals surface area contributed by atoms with E-state index in [0.29, 0.717) is 6.04 Å². The number of hydrogen-bond acceptors (Lipinski definition) is 3. The molecule has 1 N–H and O–H groups in total. The summed E-state index contributed by atoms with van der Waals surface area (Å²) < 4.78 is 0. The van der Waals surface area contributed by atoms with Gasteiger partial charge in [-0.05, 0) is 51.4 Å². The number of likely N-dealkylation sites (tertiary alicyclic amines) is 1. The lowest BCUT2D eigenvalue weighted by atomic mass is 10.3. The van der Waals surface area contributed by atoms with Crippen molar-refractivity contribution in [1.29, 1.82) is 0 Å². The largest absolute Gasteiger partial charge is 0.310 e. The van der Waals surface area contributed by atoms with Gasteiger partial charge in [0.15, 0.2) is 0 Å². The van der Waals surface area contributed by atoms with Gasteiger partial charge in [-0.1, -0.05) is 6.92 Å². The van der Waals surface area contributed by atoms with Crippen molar-refractivity contribution < 1.29 is 0 Å². The first-order valence-electron chi connectivity index (χ1n) is 6.82. The summed E-state index contributed by atoms with van der Waals surface area (Å²) in [6.45, 7) is 9.29. The van der Waals surface area contributed by atoms with Crippen LogP contribution >= 0.6 is 11.3 Å². The highest BCUT2D eigenvalue weighted by Crippen LogP contribution is 2.16. The Balaban J connectivity index is 1.68. The number of rotatable bonds is 6. The lowest BCUT2D eigenvalue weighted by Gasteiger charge is -2.23. The molecule has 0 aliphatic carbocycles. The molecule has 0 amide bonds. The summed E-state index contributed by atoms with van der Waals surface area (Å²) >= 11 is 1.94. The number of nitrogens with one attached hydrogen (secondary N) is 1. The molecule has 0 aromatic carbocycles. The lowest BCUT2D eigenvalue weighted by Crippen LogP contribution is -2.38. The molecule has 1 atom stereocenters. The van der Waals surface area contributed by atoms with Gasteiger partial charge in [0.1, 0.15) is 0 Å². The quantitative estimate of drug-likeness (QED) is 0.837. The molecule has 1 aliphatic rings. The molecule has 2 nitrogen and oxygen atoms in total. The topological polar surface area (TPSA) is 15.3 Å². The normalized spacial score (nSPS) is 18.7. The van der Waals surface area contributed by atoms with Crippen LogP contribution in [0.5, 0.6) is 0 Å². The molecule has 1 aliphatic heterocycles. The smallest absolute Gasteiger partial charge is 0.0300 e. The average Bonchev–Trinajstić information content (AvgIpc) is 3.00. The molecule has 1 aromatic rings.